The Morgan fingerprint density at radius 1 is 1.44 bits per heavy atom. The maximum atomic E-state index is 12.9. The Labute approximate surface area is 102 Å². The van der Waals surface area contributed by atoms with Crippen molar-refractivity contribution in [2.75, 3.05) is 0 Å². The summed E-state index contributed by atoms with van der Waals surface area (Å²) in [5.41, 5.74) is 5.50. The van der Waals surface area contributed by atoms with Gasteiger partial charge in [0.1, 0.15) is 10.8 Å². The fourth-order valence-corrected chi connectivity index (χ4v) is 2.96. The first kappa shape index (κ1) is 11.6. The van der Waals surface area contributed by atoms with Gasteiger partial charge < -0.3 is 5.73 Å². The van der Waals surface area contributed by atoms with E-state index >= 15 is 0 Å². The van der Waals surface area contributed by atoms with E-state index in [0.29, 0.717) is 6.54 Å². The first-order chi connectivity index (χ1) is 7.78. The molecule has 2 N–H and O–H groups in total. The predicted octanol–water partition coefficient (Wildman–Crippen LogP) is 3.03. The van der Waals surface area contributed by atoms with E-state index in [1.54, 1.807) is 35.4 Å². The van der Waals surface area contributed by atoms with Gasteiger partial charge in [-0.25, -0.2) is 9.37 Å². The molecule has 0 aliphatic rings. The van der Waals surface area contributed by atoms with Crippen molar-refractivity contribution in [1.29, 1.82) is 0 Å². The van der Waals surface area contributed by atoms with Crippen LogP contribution in [0.25, 0.3) is 0 Å². The summed E-state index contributed by atoms with van der Waals surface area (Å²) < 4.78 is 12.9. The first-order valence-corrected chi connectivity index (χ1v) is 6.60. The Bertz CT molecular complexity index is 471. The minimum absolute atomic E-state index is 0.202. The summed E-state index contributed by atoms with van der Waals surface area (Å²) >= 11 is 3.18. The van der Waals surface area contributed by atoms with Crippen LogP contribution in [0.3, 0.4) is 0 Å². The molecule has 0 saturated carbocycles. The lowest BCUT2D eigenvalue weighted by Crippen LogP contribution is -1.91. The molecule has 84 valence electrons. The molecular formula is C11H11FN2S2. The highest BCUT2D eigenvalue weighted by Crippen LogP contribution is 2.25. The van der Waals surface area contributed by atoms with Gasteiger partial charge in [-0.05, 0) is 18.2 Å². The molecule has 0 bridgehead atoms. The summed E-state index contributed by atoms with van der Waals surface area (Å²) in [6.07, 6.45) is 1.80. The third kappa shape index (κ3) is 3.04. The SMILES string of the molecule is NCc1cnc(CSc2cccc(F)c2)s1. The van der Waals surface area contributed by atoms with E-state index in [-0.39, 0.29) is 5.82 Å². The number of hydrogen-bond donors (Lipinski definition) is 1. The number of aromatic nitrogens is 1. The van der Waals surface area contributed by atoms with Crippen LogP contribution in [0, 0.1) is 5.82 Å². The topological polar surface area (TPSA) is 38.9 Å². The third-order valence-electron chi connectivity index (χ3n) is 1.96. The molecule has 16 heavy (non-hydrogen) atoms. The van der Waals surface area contributed by atoms with Crippen molar-refractivity contribution < 1.29 is 4.39 Å². The lowest BCUT2D eigenvalue weighted by atomic mass is 10.4. The zero-order valence-electron chi connectivity index (χ0n) is 8.52. The normalized spacial score (nSPS) is 10.6. The summed E-state index contributed by atoms with van der Waals surface area (Å²) in [5.74, 6) is 0.556. The number of thiazole rings is 1. The number of nitrogens with zero attached hydrogens (tertiary/aromatic N) is 1. The Hall–Kier alpha value is -0.910. The average Bonchev–Trinajstić information content (AvgIpc) is 2.74. The Kier molecular flexibility index (Phi) is 3.93. The van der Waals surface area contributed by atoms with Crippen molar-refractivity contribution in [3.05, 3.63) is 46.2 Å². The van der Waals surface area contributed by atoms with Crippen LogP contribution < -0.4 is 5.73 Å². The highest BCUT2D eigenvalue weighted by molar-refractivity contribution is 7.98. The summed E-state index contributed by atoms with van der Waals surface area (Å²) in [7, 11) is 0. The zero-order valence-corrected chi connectivity index (χ0v) is 10.2. The maximum absolute atomic E-state index is 12.9. The summed E-state index contributed by atoms with van der Waals surface area (Å²) in [4.78, 5) is 6.25. The molecule has 1 aromatic heterocycles. The smallest absolute Gasteiger partial charge is 0.124 e. The fourth-order valence-electron chi connectivity index (χ4n) is 1.21. The van der Waals surface area contributed by atoms with E-state index in [9.17, 15) is 4.39 Å². The quantitative estimate of drug-likeness (QED) is 0.852. The van der Waals surface area contributed by atoms with Gasteiger partial charge in [-0.2, -0.15) is 0 Å². The van der Waals surface area contributed by atoms with Crippen molar-refractivity contribution in [2.45, 2.75) is 17.2 Å². The molecule has 0 saturated heterocycles. The highest BCUT2D eigenvalue weighted by atomic mass is 32.2. The Balaban J connectivity index is 1.96. The number of benzene rings is 1. The van der Waals surface area contributed by atoms with Gasteiger partial charge in [0.05, 0.1) is 5.75 Å². The Morgan fingerprint density at radius 3 is 3.00 bits per heavy atom. The molecule has 2 rings (SSSR count). The molecule has 1 aromatic carbocycles. The van der Waals surface area contributed by atoms with Gasteiger partial charge in [-0.15, -0.1) is 23.1 Å². The predicted molar refractivity (Wildman–Crippen MR) is 66.0 cm³/mol. The van der Waals surface area contributed by atoms with Crippen LogP contribution in [0.4, 0.5) is 4.39 Å². The van der Waals surface area contributed by atoms with Crippen LogP contribution in [0.1, 0.15) is 9.88 Å². The molecule has 0 radical (unpaired) electrons. The maximum Gasteiger partial charge on any atom is 0.124 e. The Morgan fingerprint density at radius 2 is 2.31 bits per heavy atom. The van der Waals surface area contributed by atoms with E-state index in [4.69, 9.17) is 5.73 Å². The molecule has 0 unspecified atom stereocenters. The third-order valence-corrected chi connectivity index (χ3v) is 4.17. The van der Waals surface area contributed by atoms with E-state index in [1.165, 1.54) is 12.1 Å². The minimum Gasteiger partial charge on any atom is -0.326 e. The molecular weight excluding hydrogens is 243 g/mol. The molecule has 1 heterocycles. The molecule has 0 spiro atoms. The molecule has 2 aromatic rings. The lowest BCUT2D eigenvalue weighted by Gasteiger charge is -1.98. The van der Waals surface area contributed by atoms with Crippen molar-refractivity contribution in [3.8, 4) is 0 Å². The average molecular weight is 254 g/mol. The van der Waals surface area contributed by atoms with Crippen LogP contribution >= 0.6 is 23.1 Å². The molecule has 0 aliphatic carbocycles. The van der Waals surface area contributed by atoms with Crippen LogP contribution in [0.5, 0.6) is 0 Å². The van der Waals surface area contributed by atoms with E-state index in [0.717, 1.165) is 20.5 Å². The number of halogens is 1. The first-order valence-electron chi connectivity index (χ1n) is 4.80. The summed E-state index contributed by atoms with van der Waals surface area (Å²) in [6, 6.07) is 6.58. The number of nitrogens with two attached hydrogens (primary N) is 1. The molecule has 5 heteroatoms. The van der Waals surface area contributed by atoms with Gasteiger partial charge in [-0.3, -0.25) is 0 Å². The van der Waals surface area contributed by atoms with E-state index in [1.807, 2.05) is 6.07 Å². The largest absolute Gasteiger partial charge is 0.326 e. The van der Waals surface area contributed by atoms with Gasteiger partial charge in [0.2, 0.25) is 0 Å². The van der Waals surface area contributed by atoms with Gasteiger partial charge in [0, 0.05) is 22.5 Å². The van der Waals surface area contributed by atoms with Crippen molar-refractivity contribution >= 4 is 23.1 Å². The highest BCUT2D eigenvalue weighted by Gasteiger charge is 2.02. The second-order valence-corrected chi connectivity index (χ2v) is 5.42. The molecule has 0 atom stereocenters. The van der Waals surface area contributed by atoms with Gasteiger partial charge >= 0.3 is 0 Å². The number of rotatable bonds is 4. The fraction of sp³-hybridized carbons (Fsp3) is 0.182. The van der Waals surface area contributed by atoms with Crippen LogP contribution in [0.15, 0.2) is 35.4 Å². The van der Waals surface area contributed by atoms with Gasteiger partial charge in [-0.1, -0.05) is 6.07 Å². The minimum atomic E-state index is -0.202. The number of thioether (sulfide) groups is 1. The van der Waals surface area contributed by atoms with Gasteiger partial charge in [0.25, 0.3) is 0 Å². The van der Waals surface area contributed by atoms with Crippen molar-refractivity contribution in [2.24, 2.45) is 5.73 Å². The second kappa shape index (κ2) is 5.43. The molecule has 2 nitrogen and oxygen atoms in total. The van der Waals surface area contributed by atoms with Crippen LogP contribution in [-0.2, 0) is 12.3 Å². The van der Waals surface area contributed by atoms with Gasteiger partial charge in [0.15, 0.2) is 0 Å². The van der Waals surface area contributed by atoms with E-state index < -0.39 is 0 Å². The van der Waals surface area contributed by atoms with E-state index in [2.05, 4.69) is 4.98 Å². The second-order valence-electron chi connectivity index (χ2n) is 3.17. The van der Waals surface area contributed by atoms with Crippen LogP contribution in [0.2, 0.25) is 0 Å². The van der Waals surface area contributed by atoms with Crippen molar-refractivity contribution in [1.82, 2.24) is 4.98 Å². The number of hydrogen-bond acceptors (Lipinski definition) is 4. The summed E-state index contributed by atoms with van der Waals surface area (Å²) in [6.45, 7) is 0.530. The standard InChI is InChI=1S/C11H11FN2S2/c12-8-2-1-3-9(4-8)15-7-11-14-6-10(5-13)16-11/h1-4,6H,5,7,13H2. The molecule has 0 aliphatic heterocycles. The summed E-state index contributed by atoms with van der Waals surface area (Å²) in [5, 5.41) is 1.02. The zero-order chi connectivity index (χ0) is 11.4. The molecule has 0 fully saturated rings. The van der Waals surface area contributed by atoms with Crippen molar-refractivity contribution in [3.63, 3.8) is 0 Å². The lowest BCUT2D eigenvalue weighted by molar-refractivity contribution is 0.624. The molecule has 0 amide bonds. The van der Waals surface area contributed by atoms with Crippen LogP contribution in [-0.4, -0.2) is 4.98 Å². The monoisotopic (exact) mass is 254 g/mol.